The minimum atomic E-state index is -0.0725. The topological polar surface area (TPSA) is 59.8 Å². The number of carbonyl (C=O) groups is 1. The maximum Gasteiger partial charge on any atom is 0.227 e. The predicted octanol–water partition coefficient (Wildman–Crippen LogP) is 2.19. The number of amides is 1. The zero-order valence-corrected chi connectivity index (χ0v) is 17.2. The number of piperazine rings is 1. The fourth-order valence-electron chi connectivity index (χ4n) is 3.60. The lowest BCUT2D eigenvalue weighted by atomic mass is 10.1. The first kappa shape index (κ1) is 20.2. The molecule has 0 saturated carbocycles. The van der Waals surface area contributed by atoms with Crippen molar-refractivity contribution in [2.45, 2.75) is 26.9 Å². The van der Waals surface area contributed by atoms with Crippen molar-refractivity contribution in [3.63, 3.8) is 0 Å². The minimum Gasteiger partial charge on any atom is -0.493 e. The molecule has 0 bridgehead atoms. The third-order valence-electron chi connectivity index (χ3n) is 5.19. The van der Waals surface area contributed by atoms with E-state index in [1.165, 1.54) is 5.56 Å². The van der Waals surface area contributed by atoms with Crippen molar-refractivity contribution in [2.75, 3.05) is 40.4 Å². The summed E-state index contributed by atoms with van der Waals surface area (Å²) in [6.45, 7) is 8.66. The summed E-state index contributed by atoms with van der Waals surface area (Å²) in [5, 5.41) is 4.38. The fraction of sp³-hybridized carbons (Fsp3) is 0.524. The van der Waals surface area contributed by atoms with Gasteiger partial charge >= 0.3 is 0 Å². The second-order valence-corrected chi connectivity index (χ2v) is 7.37. The van der Waals surface area contributed by atoms with Gasteiger partial charge in [-0.15, -0.1) is 0 Å². The summed E-state index contributed by atoms with van der Waals surface area (Å²) >= 11 is 0. The van der Waals surface area contributed by atoms with Crippen LogP contribution in [-0.4, -0.2) is 65.9 Å². The fourth-order valence-corrected chi connectivity index (χ4v) is 3.60. The molecule has 152 valence electrons. The number of benzene rings is 1. The van der Waals surface area contributed by atoms with Crippen molar-refractivity contribution < 1.29 is 14.3 Å². The van der Waals surface area contributed by atoms with Gasteiger partial charge in [-0.2, -0.15) is 5.10 Å². The Kier molecular flexibility index (Phi) is 6.57. The summed E-state index contributed by atoms with van der Waals surface area (Å²) in [7, 11) is 3.29. The van der Waals surface area contributed by atoms with Gasteiger partial charge in [0, 0.05) is 38.9 Å². The molecule has 0 spiro atoms. The Balaban J connectivity index is 1.50. The lowest BCUT2D eigenvalue weighted by Crippen LogP contribution is -2.50. The van der Waals surface area contributed by atoms with E-state index in [9.17, 15) is 4.79 Å². The summed E-state index contributed by atoms with van der Waals surface area (Å²) in [5.74, 6) is 1.62. The van der Waals surface area contributed by atoms with E-state index in [2.05, 4.69) is 16.1 Å². The van der Waals surface area contributed by atoms with Gasteiger partial charge < -0.3 is 14.4 Å². The van der Waals surface area contributed by atoms with Crippen LogP contribution in [0.5, 0.6) is 11.5 Å². The Bertz CT molecular complexity index is 797. The van der Waals surface area contributed by atoms with Crippen molar-refractivity contribution >= 4 is 5.91 Å². The van der Waals surface area contributed by atoms with Crippen LogP contribution in [-0.2, 0) is 17.9 Å². The van der Waals surface area contributed by atoms with Crippen LogP contribution in [0.2, 0.25) is 0 Å². The number of carbonyl (C=O) groups excluding carboxylic acids is 1. The summed E-state index contributed by atoms with van der Waals surface area (Å²) in [6.07, 6.45) is 1.93. The van der Waals surface area contributed by atoms with E-state index < -0.39 is 0 Å². The molecule has 1 fully saturated rings. The average Bonchev–Trinajstić information content (AvgIpc) is 3.12. The molecular weight excluding hydrogens is 356 g/mol. The first-order valence-corrected chi connectivity index (χ1v) is 9.72. The van der Waals surface area contributed by atoms with Gasteiger partial charge in [-0.3, -0.25) is 14.4 Å². The maximum absolute atomic E-state index is 12.8. The smallest absolute Gasteiger partial charge is 0.227 e. The third-order valence-corrected chi connectivity index (χ3v) is 5.19. The molecule has 2 aromatic rings. The van der Waals surface area contributed by atoms with Crippen molar-refractivity contribution in [3.8, 4) is 11.5 Å². The van der Waals surface area contributed by atoms with Crippen LogP contribution in [0, 0.1) is 12.8 Å². The molecule has 3 rings (SSSR count). The number of aryl methyl sites for hydroxylation is 1. The third kappa shape index (κ3) is 4.84. The van der Waals surface area contributed by atoms with E-state index in [4.69, 9.17) is 9.47 Å². The number of hydrogen-bond donors (Lipinski definition) is 0. The quantitative estimate of drug-likeness (QED) is 0.730. The first-order chi connectivity index (χ1) is 13.5. The lowest BCUT2D eigenvalue weighted by Gasteiger charge is -2.36. The van der Waals surface area contributed by atoms with Crippen LogP contribution in [0.25, 0.3) is 0 Å². The summed E-state index contributed by atoms with van der Waals surface area (Å²) in [6, 6.07) is 7.98. The van der Waals surface area contributed by atoms with E-state index in [0.29, 0.717) is 6.54 Å². The van der Waals surface area contributed by atoms with E-state index >= 15 is 0 Å². The number of nitrogens with zero attached hydrogens (tertiary/aromatic N) is 4. The monoisotopic (exact) mass is 386 g/mol. The highest BCUT2D eigenvalue weighted by atomic mass is 16.5. The van der Waals surface area contributed by atoms with Gasteiger partial charge in [0.05, 0.1) is 32.4 Å². The second kappa shape index (κ2) is 9.10. The molecule has 7 heteroatoms. The summed E-state index contributed by atoms with van der Waals surface area (Å²) in [4.78, 5) is 17.1. The summed E-state index contributed by atoms with van der Waals surface area (Å²) < 4.78 is 12.5. The Morgan fingerprint density at radius 3 is 2.43 bits per heavy atom. The van der Waals surface area contributed by atoms with Gasteiger partial charge in [0.1, 0.15) is 0 Å². The molecule has 0 aliphatic carbocycles. The molecule has 1 aliphatic rings. The van der Waals surface area contributed by atoms with Gasteiger partial charge in [0.15, 0.2) is 11.5 Å². The number of rotatable bonds is 7. The Morgan fingerprint density at radius 2 is 1.82 bits per heavy atom. The molecule has 0 radical (unpaired) electrons. The Labute approximate surface area is 166 Å². The van der Waals surface area contributed by atoms with Gasteiger partial charge in [-0.1, -0.05) is 13.0 Å². The molecule has 1 aromatic heterocycles. The molecule has 2 heterocycles. The van der Waals surface area contributed by atoms with Gasteiger partial charge in [0.25, 0.3) is 0 Å². The molecule has 1 amide bonds. The van der Waals surface area contributed by atoms with Crippen molar-refractivity contribution in [3.05, 3.63) is 41.7 Å². The molecule has 1 aliphatic heterocycles. The molecule has 28 heavy (non-hydrogen) atoms. The molecule has 1 aromatic carbocycles. The Hall–Kier alpha value is -2.54. The van der Waals surface area contributed by atoms with Crippen LogP contribution >= 0.6 is 0 Å². The highest BCUT2D eigenvalue weighted by molar-refractivity contribution is 5.78. The second-order valence-electron chi connectivity index (χ2n) is 7.37. The zero-order chi connectivity index (χ0) is 20.1. The van der Waals surface area contributed by atoms with Crippen molar-refractivity contribution in [2.24, 2.45) is 5.92 Å². The van der Waals surface area contributed by atoms with E-state index in [1.54, 1.807) is 14.2 Å². The maximum atomic E-state index is 12.8. The van der Waals surface area contributed by atoms with Crippen LogP contribution < -0.4 is 9.47 Å². The molecule has 1 unspecified atom stereocenters. The normalized spacial score (nSPS) is 16.1. The van der Waals surface area contributed by atoms with E-state index in [-0.39, 0.29) is 11.8 Å². The van der Waals surface area contributed by atoms with Gasteiger partial charge in [-0.25, -0.2) is 0 Å². The molecule has 0 N–H and O–H groups in total. The molecule has 1 atom stereocenters. The van der Waals surface area contributed by atoms with Crippen LogP contribution in [0.15, 0.2) is 30.5 Å². The number of ether oxygens (including phenoxy) is 2. The van der Waals surface area contributed by atoms with Gasteiger partial charge in [-0.05, 0) is 30.7 Å². The van der Waals surface area contributed by atoms with Crippen molar-refractivity contribution in [1.29, 1.82) is 0 Å². The summed E-state index contributed by atoms with van der Waals surface area (Å²) in [5.41, 5.74) is 2.16. The predicted molar refractivity (Wildman–Crippen MR) is 108 cm³/mol. The van der Waals surface area contributed by atoms with E-state index in [0.717, 1.165) is 49.9 Å². The zero-order valence-electron chi connectivity index (χ0n) is 17.2. The number of aromatic nitrogens is 2. The largest absolute Gasteiger partial charge is 0.493 e. The van der Waals surface area contributed by atoms with Crippen LogP contribution in [0.3, 0.4) is 0 Å². The number of methoxy groups -OCH3 is 2. The van der Waals surface area contributed by atoms with E-state index in [1.807, 2.05) is 47.8 Å². The lowest BCUT2D eigenvalue weighted by molar-refractivity contribution is -0.137. The molecular formula is C21H30N4O3. The van der Waals surface area contributed by atoms with Crippen LogP contribution in [0.4, 0.5) is 0 Å². The van der Waals surface area contributed by atoms with Crippen molar-refractivity contribution in [1.82, 2.24) is 19.6 Å². The molecule has 1 saturated heterocycles. The SMILES string of the molecule is COc1ccc(CN2CCN(C(=O)C(C)Cn3ccc(C)n3)CC2)cc1OC. The standard InChI is InChI=1S/C21H30N4O3/c1-16(14-25-8-7-17(2)22-25)21(26)24-11-9-23(10-12-24)15-18-5-6-19(27-3)20(13-18)28-4/h5-8,13,16H,9-12,14-15H2,1-4H3. The molecule has 7 nitrogen and oxygen atoms in total. The highest BCUT2D eigenvalue weighted by Gasteiger charge is 2.25. The van der Waals surface area contributed by atoms with Crippen LogP contribution in [0.1, 0.15) is 18.2 Å². The highest BCUT2D eigenvalue weighted by Crippen LogP contribution is 2.28. The van der Waals surface area contributed by atoms with Gasteiger partial charge in [0.2, 0.25) is 5.91 Å². The Morgan fingerprint density at radius 1 is 1.11 bits per heavy atom. The number of hydrogen-bond acceptors (Lipinski definition) is 5. The first-order valence-electron chi connectivity index (χ1n) is 9.72. The minimum absolute atomic E-state index is 0.0725. The average molecular weight is 386 g/mol.